The molecule has 1 amide bonds. The molecular weight excluding hydrogens is 178 g/mol. The maximum atomic E-state index is 11.6. The van der Waals surface area contributed by atoms with Gasteiger partial charge >= 0.3 is 0 Å². The van der Waals surface area contributed by atoms with E-state index in [-0.39, 0.29) is 24.0 Å². The third kappa shape index (κ3) is 2.98. The van der Waals surface area contributed by atoms with Gasteiger partial charge in [0.05, 0.1) is 12.1 Å². The van der Waals surface area contributed by atoms with Crippen LogP contribution >= 0.6 is 0 Å². The van der Waals surface area contributed by atoms with Crippen LogP contribution in [0.2, 0.25) is 0 Å². The smallest absolute Gasteiger partial charge is 0.223 e. The molecular formula is C11H21NO2. The van der Waals surface area contributed by atoms with Gasteiger partial charge in [0.1, 0.15) is 0 Å². The summed E-state index contributed by atoms with van der Waals surface area (Å²) in [7, 11) is 0. The molecule has 0 spiro atoms. The molecule has 1 aliphatic rings. The van der Waals surface area contributed by atoms with Gasteiger partial charge in [-0.15, -0.1) is 0 Å². The lowest BCUT2D eigenvalue weighted by Gasteiger charge is -2.29. The monoisotopic (exact) mass is 199 g/mol. The molecule has 3 nitrogen and oxygen atoms in total. The Bertz CT molecular complexity index is 194. The minimum Gasteiger partial charge on any atom is -0.391 e. The highest BCUT2D eigenvalue weighted by atomic mass is 16.3. The maximum absolute atomic E-state index is 11.6. The SMILES string of the molecule is CCC(C)C(=O)NC1CCCCC1O. The van der Waals surface area contributed by atoms with E-state index in [0.717, 1.165) is 32.1 Å². The number of hydrogen-bond donors (Lipinski definition) is 2. The average Bonchev–Trinajstić information content (AvgIpc) is 2.20. The van der Waals surface area contributed by atoms with Crippen LogP contribution in [0, 0.1) is 5.92 Å². The second-order valence-electron chi connectivity index (χ2n) is 4.28. The largest absolute Gasteiger partial charge is 0.391 e. The molecule has 0 heterocycles. The van der Waals surface area contributed by atoms with E-state index >= 15 is 0 Å². The zero-order chi connectivity index (χ0) is 10.6. The topological polar surface area (TPSA) is 49.3 Å². The predicted molar refractivity (Wildman–Crippen MR) is 55.9 cm³/mol. The van der Waals surface area contributed by atoms with Crippen LogP contribution in [0.15, 0.2) is 0 Å². The van der Waals surface area contributed by atoms with Crippen molar-refractivity contribution in [3.63, 3.8) is 0 Å². The van der Waals surface area contributed by atoms with E-state index in [1.807, 2.05) is 13.8 Å². The molecule has 0 aliphatic heterocycles. The van der Waals surface area contributed by atoms with Gasteiger partial charge < -0.3 is 10.4 Å². The molecule has 1 rings (SSSR count). The van der Waals surface area contributed by atoms with Crippen molar-refractivity contribution in [2.75, 3.05) is 0 Å². The zero-order valence-electron chi connectivity index (χ0n) is 9.12. The number of aliphatic hydroxyl groups excluding tert-OH is 1. The Hall–Kier alpha value is -0.570. The third-order valence-corrected chi connectivity index (χ3v) is 3.12. The van der Waals surface area contributed by atoms with Crippen molar-refractivity contribution < 1.29 is 9.90 Å². The molecule has 14 heavy (non-hydrogen) atoms. The molecule has 0 radical (unpaired) electrons. The van der Waals surface area contributed by atoms with Crippen LogP contribution in [0.3, 0.4) is 0 Å². The van der Waals surface area contributed by atoms with Crippen LogP contribution < -0.4 is 5.32 Å². The van der Waals surface area contributed by atoms with Crippen LogP contribution in [0.4, 0.5) is 0 Å². The summed E-state index contributed by atoms with van der Waals surface area (Å²) in [6.07, 6.45) is 4.46. The molecule has 1 saturated carbocycles. The standard InChI is InChI=1S/C11H21NO2/c1-3-8(2)11(14)12-9-6-4-5-7-10(9)13/h8-10,13H,3-7H2,1-2H3,(H,12,14). The zero-order valence-corrected chi connectivity index (χ0v) is 9.12. The van der Waals surface area contributed by atoms with E-state index in [9.17, 15) is 9.90 Å². The molecule has 0 saturated heterocycles. The molecule has 0 aromatic rings. The Morgan fingerprint density at radius 3 is 2.71 bits per heavy atom. The number of carbonyl (C=O) groups excluding carboxylic acids is 1. The second kappa shape index (κ2) is 5.35. The summed E-state index contributed by atoms with van der Waals surface area (Å²) in [5, 5.41) is 12.6. The number of amides is 1. The van der Waals surface area contributed by atoms with E-state index < -0.39 is 0 Å². The first kappa shape index (κ1) is 11.5. The molecule has 0 bridgehead atoms. The first-order valence-electron chi connectivity index (χ1n) is 5.63. The van der Waals surface area contributed by atoms with Gasteiger partial charge in [-0.2, -0.15) is 0 Å². The van der Waals surface area contributed by atoms with Crippen molar-refractivity contribution in [3.05, 3.63) is 0 Å². The Labute approximate surface area is 85.9 Å². The van der Waals surface area contributed by atoms with Crippen molar-refractivity contribution in [3.8, 4) is 0 Å². The molecule has 1 aliphatic carbocycles. The first-order chi connectivity index (χ1) is 6.65. The average molecular weight is 199 g/mol. The van der Waals surface area contributed by atoms with E-state index in [1.54, 1.807) is 0 Å². The van der Waals surface area contributed by atoms with Gasteiger partial charge in [-0.25, -0.2) is 0 Å². The normalized spacial score (nSPS) is 29.6. The van der Waals surface area contributed by atoms with Crippen LogP contribution in [-0.4, -0.2) is 23.2 Å². The quantitative estimate of drug-likeness (QED) is 0.723. The summed E-state index contributed by atoms with van der Waals surface area (Å²) >= 11 is 0. The van der Waals surface area contributed by atoms with Gasteiger partial charge in [-0.3, -0.25) is 4.79 Å². The summed E-state index contributed by atoms with van der Waals surface area (Å²) in [6.45, 7) is 3.92. The fourth-order valence-electron chi connectivity index (χ4n) is 1.79. The van der Waals surface area contributed by atoms with Gasteiger partial charge in [0.2, 0.25) is 5.91 Å². The number of rotatable bonds is 3. The van der Waals surface area contributed by atoms with Gasteiger partial charge in [0, 0.05) is 5.92 Å². The second-order valence-corrected chi connectivity index (χ2v) is 4.28. The lowest BCUT2D eigenvalue weighted by atomic mass is 9.92. The van der Waals surface area contributed by atoms with Crippen LogP contribution in [-0.2, 0) is 4.79 Å². The minimum atomic E-state index is -0.336. The minimum absolute atomic E-state index is 0.00903. The van der Waals surface area contributed by atoms with Gasteiger partial charge in [0.25, 0.3) is 0 Å². The number of carbonyl (C=O) groups is 1. The highest BCUT2D eigenvalue weighted by Crippen LogP contribution is 2.18. The molecule has 82 valence electrons. The summed E-state index contributed by atoms with van der Waals surface area (Å²) in [5.41, 5.74) is 0. The molecule has 3 atom stereocenters. The first-order valence-corrected chi connectivity index (χ1v) is 5.63. The van der Waals surface area contributed by atoms with Gasteiger partial charge in [0.15, 0.2) is 0 Å². The number of nitrogens with one attached hydrogen (secondary N) is 1. The van der Waals surface area contributed by atoms with Crippen molar-refractivity contribution in [1.29, 1.82) is 0 Å². The lowest BCUT2D eigenvalue weighted by Crippen LogP contribution is -2.46. The third-order valence-electron chi connectivity index (χ3n) is 3.12. The fraction of sp³-hybridized carbons (Fsp3) is 0.909. The fourth-order valence-corrected chi connectivity index (χ4v) is 1.79. The Balaban J connectivity index is 2.38. The maximum Gasteiger partial charge on any atom is 0.223 e. The predicted octanol–water partition coefficient (Wildman–Crippen LogP) is 1.45. The van der Waals surface area contributed by atoms with Crippen molar-refractivity contribution in [2.24, 2.45) is 5.92 Å². The Morgan fingerprint density at radius 1 is 1.50 bits per heavy atom. The van der Waals surface area contributed by atoms with Crippen LogP contribution in [0.1, 0.15) is 46.0 Å². The van der Waals surface area contributed by atoms with Crippen LogP contribution in [0.25, 0.3) is 0 Å². The number of aliphatic hydroxyl groups is 1. The molecule has 0 aromatic heterocycles. The summed E-state index contributed by atoms with van der Waals surface area (Å²) < 4.78 is 0. The Kier molecular flexibility index (Phi) is 4.39. The summed E-state index contributed by atoms with van der Waals surface area (Å²) in [5.74, 6) is 0.141. The van der Waals surface area contributed by atoms with Crippen molar-refractivity contribution in [1.82, 2.24) is 5.32 Å². The lowest BCUT2D eigenvalue weighted by molar-refractivity contribution is -0.126. The van der Waals surface area contributed by atoms with Gasteiger partial charge in [-0.1, -0.05) is 26.7 Å². The van der Waals surface area contributed by atoms with E-state index in [0.29, 0.717) is 0 Å². The van der Waals surface area contributed by atoms with E-state index in [2.05, 4.69) is 5.32 Å². The molecule has 3 unspecified atom stereocenters. The van der Waals surface area contributed by atoms with E-state index in [4.69, 9.17) is 0 Å². The molecule has 3 heteroatoms. The van der Waals surface area contributed by atoms with Crippen molar-refractivity contribution in [2.45, 2.75) is 58.1 Å². The highest BCUT2D eigenvalue weighted by molar-refractivity contribution is 5.78. The molecule has 2 N–H and O–H groups in total. The van der Waals surface area contributed by atoms with E-state index in [1.165, 1.54) is 0 Å². The van der Waals surface area contributed by atoms with Crippen LogP contribution in [0.5, 0.6) is 0 Å². The van der Waals surface area contributed by atoms with Gasteiger partial charge in [-0.05, 0) is 19.3 Å². The Morgan fingerprint density at radius 2 is 2.14 bits per heavy atom. The summed E-state index contributed by atoms with van der Waals surface area (Å²) in [4.78, 5) is 11.6. The summed E-state index contributed by atoms with van der Waals surface area (Å²) in [6, 6.07) is -0.00903. The highest BCUT2D eigenvalue weighted by Gasteiger charge is 2.25. The van der Waals surface area contributed by atoms with Crippen molar-refractivity contribution >= 4 is 5.91 Å². The molecule has 1 fully saturated rings. The molecule has 0 aromatic carbocycles. The number of hydrogen-bond acceptors (Lipinski definition) is 2.